The van der Waals surface area contributed by atoms with Gasteiger partial charge < -0.3 is 0 Å². The second kappa shape index (κ2) is 9.05. The fourth-order valence-electron chi connectivity index (χ4n) is 4.97. The van der Waals surface area contributed by atoms with E-state index in [9.17, 15) is 4.39 Å². The molecule has 180 valence electrons. The summed E-state index contributed by atoms with van der Waals surface area (Å²) in [6, 6.07) is 40.9. The van der Waals surface area contributed by atoms with Crippen LogP contribution in [0.25, 0.3) is 61.7 Å². The number of halogens is 1. The molecule has 38 heavy (non-hydrogen) atoms. The third-order valence-corrected chi connectivity index (χ3v) is 6.74. The van der Waals surface area contributed by atoms with E-state index in [2.05, 4.69) is 28.8 Å². The maximum absolute atomic E-state index is 14.6. The summed E-state index contributed by atoms with van der Waals surface area (Å²) in [6.45, 7) is 0. The zero-order chi connectivity index (χ0) is 25.5. The molecule has 5 aromatic carbocycles. The molecule has 0 fully saturated rings. The van der Waals surface area contributed by atoms with Gasteiger partial charge in [-0.25, -0.2) is 9.37 Å². The lowest BCUT2D eigenvalue weighted by molar-refractivity contribution is 0.631. The molecule has 5 heteroatoms. The van der Waals surface area contributed by atoms with Gasteiger partial charge in [-0.1, -0.05) is 103 Å². The van der Waals surface area contributed by atoms with Crippen LogP contribution in [0.3, 0.4) is 0 Å². The average Bonchev–Trinajstić information content (AvgIpc) is 3.32. The van der Waals surface area contributed by atoms with Crippen LogP contribution in [0.2, 0.25) is 0 Å². The van der Waals surface area contributed by atoms with Crippen molar-refractivity contribution in [3.05, 3.63) is 133 Å². The van der Waals surface area contributed by atoms with Crippen LogP contribution in [-0.4, -0.2) is 19.5 Å². The maximum Gasteiger partial charge on any atom is 0.238 e. The molecule has 4 nitrogen and oxygen atoms in total. The molecule has 0 bridgehead atoms. The molecule has 2 heterocycles. The highest BCUT2D eigenvalue weighted by Crippen LogP contribution is 2.33. The topological polar surface area (TPSA) is 43.6 Å². The molecule has 0 saturated heterocycles. The van der Waals surface area contributed by atoms with E-state index < -0.39 is 0 Å². The van der Waals surface area contributed by atoms with E-state index >= 15 is 0 Å². The van der Waals surface area contributed by atoms with Gasteiger partial charge in [-0.05, 0) is 29.8 Å². The normalized spacial score (nSPS) is 11.3. The summed E-state index contributed by atoms with van der Waals surface area (Å²) in [6.07, 6.45) is 0. The van der Waals surface area contributed by atoms with E-state index in [1.165, 1.54) is 6.07 Å². The highest BCUT2D eigenvalue weighted by atomic mass is 19.1. The summed E-state index contributed by atoms with van der Waals surface area (Å²) in [5.41, 5.74) is 5.01. The van der Waals surface area contributed by atoms with E-state index in [1.807, 2.05) is 84.9 Å². The smallest absolute Gasteiger partial charge is 0.238 e. The van der Waals surface area contributed by atoms with Gasteiger partial charge in [0, 0.05) is 27.5 Å². The van der Waals surface area contributed by atoms with Crippen LogP contribution >= 0.6 is 0 Å². The molecule has 2 aromatic heterocycles. The molecule has 0 N–H and O–H groups in total. The molecule has 0 atom stereocenters. The second-order valence-corrected chi connectivity index (χ2v) is 9.08. The number of rotatable bonds is 4. The Labute approximate surface area is 218 Å². The molecule has 0 unspecified atom stereocenters. The van der Waals surface area contributed by atoms with Crippen LogP contribution in [0.1, 0.15) is 0 Å². The van der Waals surface area contributed by atoms with Crippen molar-refractivity contribution in [1.82, 2.24) is 19.5 Å². The lowest BCUT2D eigenvalue weighted by Crippen LogP contribution is -2.06. The Morgan fingerprint density at radius 2 is 1.03 bits per heavy atom. The minimum atomic E-state index is -0.267. The largest absolute Gasteiger partial charge is 0.278 e. The van der Waals surface area contributed by atoms with Crippen molar-refractivity contribution in [2.75, 3.05) is 0 Å². The SMILES string of the molecule is Fc1ccccc1-c1cccc(-c2nc(-c3ccccc3)nc(-n3c4ccccc4c4ccccc43)n2)c1. The molecule has 7 rings (SSSR count). The number of nitrogens with zero attached hydrogens (tertiary/aromatic N) is 4. The van der Waals surface area contributed by atoms with Crippen LogP contribution in [0.4, 0.5) is 4.39 Å². The molecule has 0 saturated carbocycles. The predicted molar refractivity (Wildman–Crippen MR) is 150 cm³/mol. The third kappa shape index (κ3) is 3.73. The average molecular weight is 493 g/mol. The van der Waals surface area contributed by atoms with Crippen LogP contribution in [0.15, 0.2) is 127 Å². The van der Waals surface area contributed by atoms with Crippen molar-refractivity contribution in [2.24, 2.45) is 0 Å². The first kappa shape index (κ1) is 22.1. The quantitative estimate of drug-likeness (QED) is 0.249. The van der Waals surface area contributed by atoms with Gasteiger partial charge in [-0.2, -0.15) is 9.97 Å². The Hall–Kier alpha value is -5.16. The van der Waals surface area contributed by atoms with Gasteiger partial charge in [0.25, 0.3) is 0 Å². The van der Waals surface area contributed by atoms with Crippen LogP contribution in [-0.2, 0) is 0 Å². The van der Waals surface area contributed by atoms with Gasteiger partial charge in [0.1, 0.15) is 5.82 Å². The van der Waals surface area contributed by atoms with Gasteiger partial charge in [0.15, 0.2) is 11.6 Å². The summed E-state index contributed by atoms with van der Waals surface area (Å²) in [5.74, 6) is 1.36. The minimum absolute atomic E-state index is 0.267. The summed E-state index contributed by atoms with van der Waals surface area (Å²) < 4.78 is 16.7. The minimum Gasteiger partial charge on any atom is -0.278 e. The summed E-state index contributed by atoms with van der Waals surface area (Å²) in [5, 5.41) is 2.26. The monoisotopic (exact) mass is 492 g/mol. The zero-order valence-electron chi connectivity index (χ0n) is 20.3. The molecule has 0 aliphatic carbocycles. The number of benzene rings is 5. The van der Waals surface area contributed by atoms with Crippen molar-refractivity contribution < 1.29 is 4.39 Å². The highest BCUT2D eigenvalue weighted by Gasteiger charge is 2.17. The van der Waals surface area contributed by atoms with Crippen LogP contribution < -0.4 is 0 Å². The molecule has 7 aromatic rings. The lowest BCUT2D eigenvalue weighted by Gasteiger charge is -2.11. The Balaban J connectivity index is 1.49. The van der Waals surface area contributed by atoms with E-state index in [4.69, 9.17) is 15.0 Å². The maximum atomic E-state index is 14.6. The number of hydrogen-bond acceptors (Lipinski definition) is 3. The van der Waals surface area contributed by atoms with Crippen LogP contribution in [0, 0.1) is 5.82 Å². The van der Waals surface area contributed by atoms with Crippen molar-refractivity contribution in [3.63, 3.8) is 0 Å². The number of fused-ring (bicyclic) bond motifs is 3. The third-order valence-electron chi connectivity index (χ3n) is 6.74. The van der Waals surface area contributed by atoms with Gasteiger partial charge in [0.05, 0.1) is 11.0 Å². The van der Waals surface area contributed by atoms with Crippen molar-refractivity contribution in [1.29, 1.82) is 0 Å². The number of hydrogen-bond donors (Lipinski definition) is 0. The van der Waals surface area contributed by atoms with Gasteiger partial charge >= 0.3 is 0 Å². The fraction of sp³-hybridized carbons (Fsp3) is 0. The fourth-order valence-corrected chi connectivity index (χ4v) is 4.97. The Bertz CT molecular complexity index is 1890. The summed E-state index contributed by atoms with van der Waals surface area (Å²) in [4.78, 5) is 14.8. The van der Waals surface area contributed by atoms with Crippen LogP contribution in [0.5, 0.6) is 0 Å². The Morgan fingerprint density at radius 1 is 0.474 bits per heavy atom. The molecule has 0 aliphatic rings. The van der Waals surface area contributed by atoms with Crippen molar-refractivity contribution in [3.8, 4) is 39.9 Å². The zero-order valence-corrected chi connectivity index (χ0v) is 20.3. The number of aromatic nitrogens is 4. The molecule has 0 spiro atoms. The number of para-hydroxylation sites is 2. The lowest BCUT2D eigenvalue weighted by atomic mass is 10.0. The van der Waals surface area contributed by atoms with Gasteiger partial charge in [-0.3, -0.25) is 4.57 Å². The van der Waals surface area contributed by atoms with Gasteiger partial charge in [0.2, 0.25) is 5.95 Å². The Morgan fingerprint density at radius 3 is 1.74 bits per heavy atom. The van der Waals surface area contributed by atoms with E-state index in [0.29, 0.717) is 23.2 Å². The van der Waals surface area contributed by atoms with Crippen molar-refractivity contribution in [2.45, 2.75) is 0 Å². The van der Waals surface area contributed by atoms with E-state index in [-0.39, 0.29) is 5.82 Å². The first-order chi connectivity index (χ1) is 18.8. The second-order valence-electron chi connectivity index (χ2n) is 9.08. The first-order valence-corrected chi connectivity index (χ1v) is 12.4. The standard InChI is InChI=1S/C33H21FN4/c34-28-18-7-4-15-25(28)23-13-10-14-24(21-23)32-35-31(22-11-2-1-3-12-22)36-33(37-32)38-29-19-8-5-16-26(29)27-17-6-9-20-30(27)38/h1-21H. The Kier molecular flexibility index (Phi) is 5.26. The van der Waals surface area contributed by atoms with Crippen molar-refractivity contribution >= 4 is 21.8 Å². The van der Waals surface area contributed by atoms with E-state index in [1.54, 1.807) is 12.1 Å². The molecule has 0 radical (unpaired) electrons. The molecular formula is C33H21FN4. The van der Waals surface area contributed by atoms with Gasteiger partial charge in [-0.15, -0.1) is 0 Å². The molecule has 0 amide bonds. The summed E-state index contributed by atoms with van der Waals surface area (Å²) in [7, 11) is 0. The molecular weight excluding hydrogens is 471 g/mol. The first-order valence-electron chi connectivity index (χ1n) is 12.4. The predicted octanol–water partition coefficient (Wildman–Crippen LogP) is 8.11. The summed E-state index contributed by atoms with van der Waals surface area (Å²) >= 11 is 0. The van der Waals surface area contributed by atoms with E-state index in [0.717, 1.165) is 38.5 Å². The highest BCUT2D eigenvalue weighted by molar-refractivity contribution is 6.08. The molecule has 0 aliphatic heterocycles.